The number of anilines is 1. The van der Waals surface area contributed by atoms with Crippen molar-refractivity contribution >= 4 is 33.8 Å². The molecule has 0 radical (unpaired) electrons. The molecule has 5 aromatic rings. The molecule has 0 atom stereocenters. The fourth-order valence-electron chi connectivity index (χ4n) is 3.41. The number of pyridine rings is 1. The van der Waals surface area contributed by atoms with Gasteiger partial charge in [-0.2, -0.15) is 0 Å². The van der Waals surface area contributed by atoms with Crippen molar-refractivity contribution < 1.29 is 4.79 Å². The average molecular weight is 364 g/mol. The minimum absolute atomic E-state index is 0.217. The van der Waals surface area contributed by atoms with E-state index >= 15 is 0 Å². The van der Waals surface area contributed by atoms with E-state index < -0.39 is 0 Å². The van der Waals surface area contributed by atoms with Crippen LogP contribution >= 0.6 is 0 Å². The van der Waals surface area contributed by atoms with E-state index in [2.05, 4.69) is 15.3 Å². The molecule has 0 unspecified atom stereocenters. The lowest BCUT2D eigenvalue weighted by Crippen LogP contribution is -2.16. The van der Waals surface area contributed by atoms with Crippen molar-refractivity contribution in [2.75, 3.05) is 5.32 Å². The Morgan fingerprint density at radius 3 is 2.36 bits per heavy atom. The van der Waals surface area contributed by atoms with E-state index in [1.807, 2.05) is 83.4 Å². The van der Waals surface area contributed by atoms with Crippen molar-refractivity contribution in [1.82, 2.24) is 14.5 Å². The van der Waals surface area contributed by atoms with E-state index in [1.165, 1.54) is 0 Å². The van der Waals surface area contributed by atoms with Crippen LogP contribution in [0.5, 0.6) is 0 Å². The van der Waals surface area contributed by atoms with Crippen LogP contribution in [0.1, 0.15) is 10.4 Å². The normalized spacial score (nSPS) is 11.0. The van der Waals surface area contributed by atoms with Gasteiger partial charge in [-0.05, 0) is 36.4 Å². The Hall–Kier alpha value is -3.99. The van der Waals surface area contributed by atoms with E-state index in [0.717, 1.165) is 27.6 Å². The highest BCUT2D eigenvalue weighted by atomic mass is 16.1. The number of imidazole rings is 1. The highest BCUT2D eigenvalue weighted by Crippen LogP contribution is 2.25. The monoisotopic (exact) mass is 364 g/mol. The second-order valence-corrected chi connectivity index (χ2v) is 6.42. The number of rotatable bonds is 3. The maximum absolute atomic E-state index is 13.1. The first kappa shape index (κ1) is 16.2. The van der Waals surface area contributed by atoms with E-state index in [0.29, 0.717) is 11.5 Å². The molecule has 0 aliphatic carbocycles. The molecule has 5 nitrogen and oxygen atoms in total. The number of carbonyl (C=O) groups excluding carboxylic acids is 1. The zero-order valence-corrected chi connectivity index (χ0v) is 14.9. The van der Waals surface area contributed by atoms with Crippen LogP contribution in [-0.2, 0) is 0 Å². The molecule has 28 heavy (non-hydrogen) atoms. The minimum atomic E-state index is -0.217. The average Bonchev–Trinajstić information content (AvgIpc) is 3.11. The number of aromatic nitrogens is 3. The Morgan fingerprint density at radius 1 is 0.786 bits per heavy atom. The third-order valence-corrected chi connectivity index (χ3v) is 4.69. The lowest BCUT2D eigenvalue weighted by atomic mass is 10.1. The first-order valence-corrected chi connectivity index (χ1v) is 8.99. The van der Waals surface area contributed by atoms with E-state index in [-0.39, 0.29) is 5.91 Å². The van der Waals surface area contributed by atoms with Crippen LogP contribution in [0.4, 0.5) is 5.95 Å². The van der Waals surface area contributed by atoms with Gasteiger partial charge in [0.2, 0.25) is 5.95 Å². The molecule has 1 N–H and O–H groups in total. The Labute approximate surface area is 161 Å². The van der Waals surface area contributed by atoms with E-state index in [9.17, 15) is 4.79 Å². The largest absolute Gasteiger partial charge is 0.291 e. The van der Waals surface area contributed by atoms with Gasteiger partial charge < -0.3 is 0 Å². The molecule has 2 heterocycles. The molecule has 5 heteroatoms. The second kappa shape index (κ2) is 6.63. The summed E-state index contributed by atoms with van der Waals surface area (Å²) in [5.41, 5.74) is 4.04. The fraction of sp³-hybridized carbons (Fsp3) is 0. The van der Waals surface area contributed by atoms with Gasteiger partial charge in [-0.1, -0.05) is 48.5 Å². The first-order valence-electron chi connectivity index (χ1n) is 8.99. The van der Waals surface area contributed by atoms with Gasteiger partial charge in [0.25, 0.3) is 5.91 Å². The van der Waals surface area contributed by atoms with Crippen LogP contribution in [-0.4, -0.2) is 20.4 Å². The molecule has 1 amide bonds. The topological polar surface area (TPSA) is 59.8 Å². The van der Waals surface area contributed by atoms with Crippen molar-refractivity contribution in [3.05, 3.63) is 96.7 Å². The molecule has 0 saturated carbocycles. The Balaban J connectivity index is 1.63. The van der Waals surface area contributed by atoms with E-state index in [1.54, 1.807) is 12.3 Å². The summed E-state index contributed by atoms with van der Waals surface area (Å²) in [7, 11) is 0. The zero-order chi connectivity index (χ0) is 18.9. The Kier molecular flexibility index (Phi) is 3.84. The SMILES string of the molecule is O=C(Nc1nc2ccccc2n1-c1ccccc1)c1ccnc2ccccc12. The summed E-state index contributed by atoms with van der Waals surface area (Å²) in [6, 6.07) is 27.0. The number of carbonyl (C=O) groups is 1. The van der Waals surface area contributed by atoms with Gasteiger partial charge in [0.05, 0.1) is 22.1 Å². The molecule has 0 bridgehead atoms. The van der Waals surface area contributed by atoms with Crippen LogP contribution in [0.3, 0.4) is 0 Å². The lowest BCUT2D eigenvalue weighted by molar-refractivity contribution is 0.102. The van der Waals surface area contributed by atoms with E-state index in [4.69, 9.17) is 0 Å². The van der Waals surface area contributed by atoms with Gasteiger partial charge in [0.15, 0.2) is 0 Å². The van der Waals surface area contributed by atoms with Crippen LogP contribution in [0.2, 0.25) is 0 Å². The maximum Gasteiger partial charge on any atom is 0.258 e. The quantitative estimate of drug-likeness (QED) is 0.499. The summed E-state index contributed by atoms with van der Waals surface area (Å²) in [6.07, 6.45) is 1.65. The van der Waals surface area contributed by atoms with Gasteiger partial charge in [-0.15, -0.1) is 0 Å². The number of fused-ring (bicyclic) bond motifs is 2. The number of hydrogen-bond acceptors (Lipinski definition) is 3. The minimum Gasteiger partial charge on any atom is -0.291 e. The predicted molar refractivity (Wildman–Crippen MR) is 111 cm³/mol. The molecule has 134 valence electrons. The summed E-state index contributed by atoms with van der Waals surface area (Å²) in [6.45, 7) is 0. The van der Waals surface area contributed by atoms with Crippen molar-refractivity contribution in [2.45, 2.75) is 0 Å². The third kappa shape index (κ3) is 2.70. The number of amides is 1. The number of benzene rings is 3. The van der Waals surface area contributed by atoms with Gasteiger partial charge in [0.1, 0.15) is 0 Å². The van der Waals surface area contributed by atoms with Gasteiger partial charge >= 0.3 is 0 Å². The summed E-state index contributed by atoms with van der Waals surface area (Å²) in [5, 5.41) is 3.80. The number of para-hydroxylation sites is 4. The summed E-state index contributed by atoms with van der Waals surface area (Å²) >= 11 is 0. The maximum atomic E-state index is 13.1. The highest BCUT2D eigenvalue weighted by Gasteiger charge is 2.17. The molecule has 0 saturated heterocycles. The van der Waals surface area contributed by atoms with Crippen molar-refractivity contribution in [2.24, 2.45) is 0 Å². The van der Waals surface area contributed by atoms with Gasteiger partial charge in [-0.25, -0.2) is 4.98 Å². The second-order valence-electron chi connectivity index (χ2n) is 6.42. The van der Waals surface area contributed by atoms with Gasteiger partial charge in [0, 0.05) is 17.3 Å². The molecule has 5 rings (SSSR count). The van der Waals surface area contributed by atoms with Crippen LogP contribution < -0.4 is 5.32 Å². The number of hydrogen-bond donors (Lipinski definition) is 1. The third-order valence-electron chi connectivity index (χ3n) is 4.69. The molecular formula is C23H16N4O. The molecule has 0 fully saturated rings. The molecule has 0 spiro atoms. The zero-order valence-electron chi connectivity index (χ0n) is 14.9. The van der Waals surface area contributed by atoms with Gasteiger partial charge in [-0.3, -0.25) is 19.7 Å². The summed E-state index contributed by atoms with van der Waals surface area (Å²) in [5.74, 6) is 0.268. The van der Waals surface area contributed by atoms with Crippen LogP contribution in [0.15, 0.2) is 91.1 Å². The van der Waals surface area contributed by atoms with Crippen LogP contribution in [0, 0.1) is 0 Å². The first-order chi connectivity index (χ1) is 13.8. The summed E-state index contributed by atoms with van der Waals surface area (Å²) in [4.78, 5) is 22.1. The van der Waals surface area contributed by atoms with Crippen molar-refractivity contribution in [3.8, 4) is 5.69 Å². The molecular weight excluding hydrogens is 348 g/mol. The lowest BCUT2D eigenvalue weighted by Gasteiger charge is -2.11. The molecule has 2 aromatic heterocycles. The molecule has 0 aliphatic heterocycles. The Bertz CT molecular complexity index is 1300. The smallest absolute Gasteiger partial charge is 0.258 e. The predicted octanol–water partition coefficient (Wildman–Crippen LogP) is 4.83. The highest BCUT2D eigenvalue weighted by molar-refractivity contribution is 6.12. The summed E-state index contributed by atoms with van der Waals surface area (Å²) < 4.78 is 1.95. The van der Waals surface area contributed by atoms with Crippen LogP contribution in [0.25, 0.3) is 27.6 Å². The number of nitrogens with one attached hydrogen (secondary N) is 1. The number of nitrogens with zero attached hydrogens (tertiary/aromatic N) is 3. The fourth-order valence-corrected chi connectivity index (χ4v) is 3.41. The molecule has 0 aliphatic rings. The molecule has 3 aromatic carbocycles. The van der Waals surface area contributed by atoms with Crippen molar-refractivity contribution in [3.63, 3.8) is 0 Å². The standard InChI is InChI=1S/C23H16N4O/c28-22(18-14-15-24-19-11-5-4-10-17(18)19)26-23-25-20-12-6-7-13-21(20)27(23)16-8-2-1-3-9-16/h1-15H,(H,25,26,28). The Morgan fingerprint density at radius 2 is 1.50 bits per heavy atom. The van der Waals surface area contributed by atoms with Crippen molar-refractivity contribution in [1.29, 1.82) is 0 Å².